The quantitative estimate of drug-likeness (QED) is 0.393. The highest BCUT2D eigenvalue weighted by Gasteiger charge is 2.51. The highest BCUT2D eigenvalue weighted by atomic mass is 19.1. The molecule has 0 radical (unpaired) electrons. The van der Waals surface area contributed by atoms with Crippen LogP contribution in [0.15, 0.2) is 41.6 Å². The van der Waals surface area contributed by atoms with Crippen LogP contribution in [0.5, 0.6) is 5.75 Å². The third-order valence-corrected chi connectivity index (χ3v) is 8.90. The standard InChI is InChI=1S/C32H40FN3O4/c1-4-38-27-17-22(16-26(23-6-7-23)29(27)24-8-10-25(33)11-9-24)19-35-20-32(21-35)18-28(34-40-32)36-14-12-31(3,13-15-36)30(37)39-5-2/h8-11,16-17,23H,4-7,12-15,18-21H2,1-3H3. The van der Waals surface area contributed by atoms with E-state index in [0.717, 1.165) is 74.7 Å². The van der Waals surface area contributed by atoms with E-state index in [-0.39, 0.29) is 17.4 Å². The van der Waals surface area contributed by atoms with Crippen LogP contribution in [0, 0.1) is 11.2 Å². The number of amidine groups is 1. The maximum Gasteiger partial charge on any atom is 0.311 e. The number of piperidine rings is 1. The zero-order chi connectivity index (χ0) is 27.9. The van der Waals surface area contributed by atoms with Gasteiger partial charge >= 0.3 is 5.97 Å². The summed E-state index contributed by atoms with van der Waals surface area (Å²) in [7, 11) is 0. The number of oxime groups is 1. The van der Waals surface area contributed by atoms with Gasteiger partial charge in [-0.05, 0) is 87.3 Å². The summed E-state index contributed by atoms with van der Waals surface area (Å²) in [5, 5.41) is 4.49. The van der Waals surface area contributed by atoms with Crippen molar-refractivity contribution in [2.75, 3.05) is 39.4 Å². The number of benzene rings is 2. The molecule has 0 amide bonds. The van der Waals surface area contributed by atoms with E-state index in [1.807, 2.05) is 32.9 Å². The van der Waals surface area contributed by atoms with Gasteiger partial charge in [0.1, 0.15) is 17.4 Å². The van der Waals surface area contributed by atoms with Crippen LogP contribution in [0.3, 0.4) is 0 Å². The fraction of sp³-hybridized carbons (Fsp3) is 0.562. The molecule has 0 atom stereocenters. The van der Waals surface area contributed by atoms with Gasteiger partial charge in [0.2, 0.25) is 0 Å². The molecule has 0 N–H and O–H groups in total. The average molecular weight is 550 g/mol. The fourth-order valence-corrected chi connectivity index (χ4v) is 6.45. The smallest absolute Gasteiger partial charge is 0.311 e. The van der Waals surface area contributed by atoms with Crippen molar-refractivity contribution < 1.29 is 23.5 Å². The molecule has 6 rings (SSSR count). The molecule has 0 aromatic heterocycles. The minimum Gasteiger partial charge on any atom is -0.493 e. The third kappa shape index (κ3) is 5.30. The maximum absolute atomic E-state index is 13.6. The molecule has 214 valence electrons. The predicted molar refractivity (Wildman–Crippen MR) is 152 cm³/mol. The molecular weight excluding hydrogens is 509 g/mol. The normalized spacial score (nSPS) is 21.5. The number of halogens is 1. The Hall–Kier alpha value is -3.13. The second kappa shape index (κ2) is 10.7. The minimum absolute atomic E-state index is 0.0894. The molecule has 2 aromatic rings. The number of hydrogen-bond acceptors (Lipinski definition) is 7. The van der Waals surface area contributed by atoms with Gasteiger partial charge in [-0.1, -0.05) is 23.4 Å². The number of rotatable bonds is 8. The lowest BCUT2D eigenvalue weighted by Gasteiger charge is -2.46. The van der Waals surface area contributed by atoms with Crippen molar-refractivity contribution in [3.05, 3.63) is 53.3 Å². The Kier molecular flexibility index (Phi) is 7.23. The Labute approximate surface area is 236 Å². The van der Waals surface area contributed by atoms with Gasteiger partial charge in [0.25, 0.3) is 0 Å². The number of carbonyl (C=O) groups excluding carboxylic acids is 1. The highest BCUT2D eigenvalue weighted by molar-refractivity contribution is 5.85. The van der Waals surface area contributed by atoms with Crippen LogP contribution in [0.1, 0.15) is 69.9 Å². The number of esters is 1. The molecule has 40 heavy (non-hydrogen) atoms. The Balaban J connectivity index is 1.09. The van der Waals surface area contributed by atoms with Crippen molar-refractivity contribution in [3.8, 4) is 16.9 Å². The summed E-state index contributed by atoms with van der Waals surface area (Å²) in [6, 6.07) is 11.2. The summed E-state index contributed by atoms with van der Waals surface area (Å²) in [4.78, 5) is 23.1. The molecule has 8 heteroatoms. The summed E-state index contributed by atoms with van der Waals surface area (Å²) in [5.74, 6) is 2.10. The topological polar surface area (TPSA) is 63.6 Å². The molecule has 7 nitrogen and oxygen atoms in total. The number of likely N-dealkylation sites (tertiary alicyclic amines) is 2. The minimum atomic E-state index is -0.413. The molecule has 3 fully saturated rings. The second-order valence-corrected chi connectivity index (χ2v) is 12.1. The van der Waals surface area contributed by atoms with Crippen LogP contribution >= 0.6 is 0 Å². The van der Waals surface area contributed by atoms with Gasteiger partial charge in [0.05, 0.1) is 25.0 Å². The van der Waals surface area contributed by atoms with E-state index in [0.29, 0.717) is 19.1 Å². The van der Waals surface area contributed by atoms with Gasteiger partial charge in [-0.2, -0.15) is 0 Å². The van der Waals surface area contributed by atoms with Gasteiger partial charge in [-0.3, -0.25) is 9.69 Å². The first-order valence-electron chi connectivity index (χ1n) is 14.8. The van der Waals surface area contributed by atoms with Crippen LogP contribution < -0.4 is 4.74 Å². The number of carbonyl (C=O) groups is 1. The summed E-state index contributed by atoms with van der Waals surface area (Å²) >= 11 is 0. The van der Waals surface area contributed by atoms with Gasteiger partial charge in [-0.15, -0.1) is 0 Å². The summed E-state index contributed by atoms with van der Waals surface area (Å²) in [5.41, 5.74) is 3.98. The van der Waals surface area contributed by atoms with Crippen LogP contribution in [-0.2, 0) is 20.9 Å². The van der Waals surface area contributed by atoms with Crippen molar-refractivity contribution in [2.24, 2.45) is 10.6 Å². The van der Waals surface area contributed by atoms with Gasteiger partial charge in [-0.25, -0.2) is 4.39 Å². The van der Waals surface area contributed by atoms with Crippen molar-refractivity contribution in [3.63, 3.8) is 0 Å². The first-order valence-corrected chi connectivity index (χ1v) is 14.8. The highest BCUT2D eigenvalue weighted by Crippen LogP contribution is 2.48. The molecule has 2 saturated heterocycles. The predicted octanol–water partition coefficient (Wildman–Crippen LogP) is 5.72. The van der Waals surface area contributed by atoms with Crippen molar-refractivity contribution in [1.82, 2.24) is 9.80 Å². The van der Waals surface area contributed by atoms with E-state index in [2.05, 4.69) is 27.1 Å². The van der Waals surface area contributed by atoms with Crippen LogP contribution in [0.4, 0.5) is 4.39 Å². The molecule has 1 spiro atoms. The number of nitrogens with zero attached hydrogens (tertiary/aromatic N) is 3. The van der Waals surface area contributed by atoms with E-state index in [4.69, 9.17) is 14.3 Å². The molecule has 0 unspecified atom stereocenters. The van der Waals surface area contributed by atoms with Crippen LogP contribution in [0.2, 0.25) is 0 Å². The molecule has 1 aliphatic carbocycles. The summed E-state index contributed by atoms with van der Waals surface area (Å²) in [6.45, 7) is 10.9. The first-order chi connectivity index (χ1) is 19.3. The van der Waals surface area contributed by atoms with Crippen LogP contribution in [0.25, 0.3) is 11.1 Å². The van der Waals surface area contributed by atoms with E-state index in [1.54, 1.807) is 0 Å². The van der Waals surface area contributed by atoms with Gasteiger partial charge < -0.3 is 19.2 Å². The molecule has 4 aliphatic rings. The van der Waals surface area contributed by atoms with E-state index < -0.39 is 5.41 Å². The van der Waals surface area contributed by atoms with Crippen molar-refractivity contribution in [1.29, 1.82) is 0 Å². The summed E-state index contributed by atoms with van der Waals surface area (Å²) < 4.78 is 25.1. The Morgan fingerprint density at radius 2 is 1.82 bits per heavy atom. The average Bonchev–Trinajstić information content (AvgIpc) is 3.68. The second-order valence-electron chi connectivity index (χ2n) is 12.1. The Bertz CT molecular complexity index is 1280. The monoisotopic (exact) mass is 549 g/mol. The lowest BCUT2D eigenvalue weighted by Crippen LogP contribution is -2.61. The third-order valence-electron chi connectivity index (χ3n) is 8.90. The zero-order valence-electron chi connectivity index (χ0n) is 23.9. The van der Waals surface area contributed by atoms with Crippen molar-refractivity contribution in [2.45, 2.75) is 70.9 Å². The lowest BCUT2D eigenvalue weighted by molar-refractivity contribution is -0.156. The van der Waals surface area contributed by atoms with Gasteiger partial charge in [0.15, 0.2) is 5.60 Å². The van der Waals surface area contributed by atoms with Crippen molar-refractivity contribution >= 4 is 11.8 Å². The lowest BCUT2D eigenvalue weighted by atomic mass is 9.80. The molecule has 2 aromatic carbocycles. The first kappa shape index (κ1) is 27.1. The molecule has 1 saturated carbocycles. The summed E-state index contributed by atoms with van der Waals surface area (Å²) in [6.07, 6.45) is 4.70. The van der Waals surface area contributed by atoms with E-state index >= 15 is 0 Å². The largest absolute Gasteiger partial charge is 0.493 e. The molecule has 3 aliphatic heterocycles. The zero-order valence-corrected chi connectivity index (χ0v) is 23.9. The Morgan fingerprint density at radius 1 is 1.10 bits per heavy atom. The van der Waals surface area contributed by atoms with E-state index in [9.17, 15) is 9.18 Å². The van der Waals surface area contributed by atoms with E-state index in [1.165, 1.54) is 36.1 Å². The Morgan fingerprint density at radius 3 is 2.48 bits per heavy atom. The number of hydrogen-bond donors (Lipinski definition) is 0. The number of ether oxygens (including phenoxy) is 2. The fourth-order valence-electron chi connectivity index (χ4n) is 6.45. The molecular formula is C32H40FN3O4. The van der Waals surface area contributed by atoms with Gasteiger partial charge in [0, 0.05) is 38.3 Å². The maximum atomic E-state index is 13.6. The molecule has 3 heterocycles. The molecule has 0 bridgehead atoms. The van der Waals surface area contributed by atoms with Crippen LogP contribution in [-0.4, -0.2) is 66.6 Å². The SMILES string of the molecule is CCOC(=O)C1(C)CCN(C2=NOC3(C2)CN(Cc2cc(OCC)c(-c4ccc(F)cc4)c(C4CC4)c2)C3)CC1.